The summed E-state index contributed by atoms with van der Waals surface area (Å²) >= 11 is 0. The normalized spacial score (nSPS) is 11.2. The number of fused-ring (bicyclic) bond motifs is 3. The van der Waals surface area contributed by atoms with E-state index >= 15 is 0 Å². The van der Waals surface area contributed by atoms with Crippen molar-refractivity contribution in [1.82, 2.24) is 19.2 Å². The Balaban J connectivity index is 1.82. The minimum absolute atomic E-state index is 0.000419. The second-order valence-corrected chi connectivity index (χ2v) is 6.53. The Bertz CT molecular complexity index is 1310. The molecule has 0 N–H and O–H groups in total. The predicted octanol–water partition coefficient (Wildman–Crippen LogP) is 2.69. The molecule has 0 radical (unpaired) electrons. The smallest absolute Gasteiger partial charge is 0.276 e. The molecule has 0 spiro atoms. The van der Waals surface area contributed by atoms with Crippen molar-refractivity contribution in [2.45, 2.75) is 20.5 Å². The first kappa shape index (κ1) is 17.7. The van der Waals surface area contributed by atoms with Gasteiger partial charge in [0.2, 0.25) is 5.78 Å². The molecule has 0 saturated heterocycles. The van der Waals surface area contributed by atoms with Crippen LogP contribution in [0.15, 0.2) is 41.2 Å². The van der Waals surface area contributed by atoms with Crippen LogP contribution in [0.5, 0.6) is 5.75 Å². The number of rotatable bonds is 4. The van der Waals surface area contributed by atoms with Gasteiger partial charge in [-0.3, -0.25) is 23.9 Å². The van der Waals surface area contributed by atoms with Crippen LogP contribution < -0.4 is 10.3 Å². The lowest BCUT2D eigenvalue weighted by Crippen LogP contribution is -2.20. The Labute approximate surface area is 159 Å². The van der Waals surface area contributed by atoms with Crippen LogP contribution in [0, 0.1) is 24.0 Å². The van der Waals surface area contributed by atoms with Gasteiger partial charge in [0.05, 0.1) is 21.4 Å². The van der Waals surface area contributed by atoms with E-state index in [1.165, 1.54) is 10.6 Å². The molecule has 142 valence electrons. The number of nitrogens with zero attached hydrogens (tertiary/aromatic N) is 5. The summed E-state index contributed by atoms with van der Waals surface area (Å²) in [6.45, 7) is 3.53. The molecular weight excluding hydrogens is 362 g/mol. The number of nitro groups is 1. The number of aryl methyl sites for hydroxylation is 2. The van der Waals surface area contributed by atoms with Gasteiger partial charge in [0.1, 0.15) is 12.4 Å². The fraction of sp³-hybridized carbons (Fsp3) is 0.211. The van der Waals surface area contributed by atoms with Crippen LogP contribution >= 0.6 is 0 Å². The maximum atomic E-state index is 12.5. The van der Waals surface area contributed by atoms with Crippen LogP contribution in [0.3, 0.4) is 0 Å². The average molecular weight is 379 g/mol. The number of nitro benzene ring substituents is 1. The standard InChI is InChI=1S/C19H17N5O4/c1-11-8-9-14(24(26)27)12(2)17(11)28-10-16-20-21-19-22(3)18(25)13-6-4-5-7-15(13)23(16)19/h4-9H,10H2,1-3H3. The number of aromatic nitrogens is 4. The van der Waals surface area contributed by atoms with E-state index in [1.807, 2.05) is 19.1 Å². The van der Waals surface area contributed by atoms with Crippen LogP contribution in [-0.2, 0) is 13.7 Å². The lowest BCUT2D eigenvalue weighted by molar-refractivity contribution is -0.385. The van der Waals surface area contributed by atoms with E-state index in [9.17, 15) is 14.9 Å². The highest BCUT2D eigenvalue weighted by molar-refractivity contribution is 5.80. The Hall–Kier alpha value is -3.75. The second-order valence-electron chi connectivity index (χ2n) is 6.53. The molecule has 0 amide bonds. The summed E-state index contributed by atoms with van der Waals surface area (Å²) in [6.07, 6.45) is 0. The lowest BCUT2D eigenvalue weighted by Gasteiger charge is -2.12. The molecule has 4 aromatic rings. The SMILES string of the molecule is Cc1ccc([N+](=O)[O-])c(C)c1OCc1nnc2n(C)c(=O)c3ccccc3n12. The number of hydrogen-bond donors (Lipinski definition) is 0. The van der Waals surface area contributed by atoms with Gasteiger partial charge in [-0.15, -0.1) is 10.2 Å². The number of hydrogen-bond acceptors (Lipinski definition) is 6. The van der Waals surface area contributed by atoms with Crippen molar-refractivity contribution in [2.24, 2.45) is 7.05 Å². The van der Waals surface area contributed by atoms with E-state index in [4.69, 9.17) is 4.74 Å². The molecule has 9 heteroatoms. The number of benzene rings is 2. The molecule has 0 aliphatic rings. The summed E-state index contributed by atoms with van der Waals surface area (Å²) in [7, 11) is 1.64. The second kappa shape index (κ2) is 6.45. The van der Waals surface area contributed by atoms with Gasteiger partial charge in [-0.05, 0) is 37.6 Å². The average Bonchev–Trinajstić information content (AvgIpc) is 3.10. The fourth-order valence-corrected chi connectivity index (χ4v) is 3.36. The van der Waals surface area contributed by atoms with E-state index < -0.39 is 4.92 Å². The molecule has 2 aromatic heterocycles. The maximum Gasteiger partial charge on any atom is 0.276 e. The summed E-state index contributed by atoms with van der Waals surface area (Å²) in [5.74, 6) is 1.34. The van der Waals surface area contributed by atoms with Crippen molar-refractivity contribution >= 4 is 22.4 Å². The van der Waals surface area contributed by atoms with Gasteiger partial charge in [-0.25, -0.2) is 0 Å². The van der Waals surface area contributed by atoms with Crippen LogP contribution in [0.2, 0.25) is 0 Å². The Morgan fingerprint density at radius 3 is 2.64 bits per heavy atom. The fourth-order valence-electron chi connectivity index (χ4n) is 3.36. The summed E-state index contributed by atoms with van der Waals surface area (Å²) in [6, 6.07) is 10.3. The van der Waals surface area contributed by atoms with Gasteiger partial charge < -0.3 is 4.74 Å². The highest BCUT2D eigenvalue weighted by Gasteiger charge is 2.19. The minimum Gasteiger partial charge on any atom is -0.485 e. The quantitative estimate of drug-likeness (QED) is 0.399. The van der Waals surface area contributed by atoms with Crippen LogP contribution in [0.25, 0.3) is 16.7 Å². The topological polar surface area (TPSA) is 105 Å². The van der Waals surface area contributed by atoms with E-state index in [2.05, 4.69) is 10.2 Å². The molecular formula is C19H17N5O4. The first-order valence-corrected chi connectivity index (χ1v) is 8.59. The van der Waals surface area contributed by atoms with Gasteiger partial charge in [-0.1, -0.05) is 12.1 Å². The molecule has 0 bridgehead atoms. The van der Waals surface area contributed by atoms with Crippen LogP contribution in [0.1, 0.15) is 17.0 Å². The molecule has 2 heterocycles. The van der Waals surface area contributed by atoms with E-state index in [0.29, 0.717) is 33.8 Å². The molecule has 28 heavy (non-hydrogen) atoms. The number of ether oxygens (including phenoxy) is 1. The Morgan fingerprint density at radius 2 is 1.89 bits per heavy atom. The van der Waals surface area contributed by atoms with Gasteiger partial charge in [-0.2, -0.15) is 0 Å². The summed E-state index contributed by atoms with van der Waals surface area (Å²) in [5.41, 5.74) is 1.76. The molecule has 0 aliphatic carbocycles. The van der Waals surface area contributed by atoms with Gasteiger partial charge in [0, 0.05) is 13.1 Å². The number of para-hydroxylation sites is 1. The monoisotopic (exact) mass is 379 g/mol. The predicted molar refractivity (Wildman–Crippen MR) is 103 cm³/mol. The molecule has 0 atom stereocenters. The highest BCUT2D eigenvalue weighted by atomic mass is 16.6. The maximum absolute atomic E-state index is 12.5. The largest absolute Gasteiger partial charge is 0.485 e. The minimum atomic E-state index is -0.433. The van der Waals surface area contributed by atoms with Crippen molar-refractivity contribution in [3.8, 4) is 5.75 Å². The molecule has 9 nitrogen and oxygen atoms in total. The van der Waals surface area contributed by atoms with Crippen molar-refractivity contribution < 1.29 is 9.66 Å². The molecule has 0 aliphatic heterocycles. The third kappa shape index (κ3) is 2.59. The lowest BCUT2D eigenvalue weighted by atomic mass is 10.1. The van der Waals surface area contributed by atoms with Crippen molar-refractivity contribution in [2.75, 3.05) is 0 Å². The summed E-state index contributed by atoms with van der Waals surface area (Å²) in [4.78, 5) is 23.3. The van der Waals surface area contributed by atoms with Crippen LogP contribution in [0.4, 0.5) is 5.69 Å². The van der Waals surface area contributed by atoms with Gasteiger partial charge >= 0.3 is 0 Å². The zero-order valence-electron chi connectivity index (χ0n) is 15.5. The van der Waals surface area contributed by atoms with Gasteiger partial charge in [0.25, 0.3) is 11.2 Å². The first-order chi connectivity index (χ1) is 13.4. The molecule has 4 rings (SSSR count). The van der Waals surface area contributed by atoms with Gasteiger partial charge in [0.15, 0.2) is 5.82 Å². The van der Waals surface area contributed by atoms with Crippen molar-refractivity contribution in [1.29, 1.82) is 0 Å². The first-order valence-electron chi connectivity index (χ1n) is 8.59. The summed E-state index contributed by atoms with van der Waals surface area (Å²) in [5, 5.41) is 20.0. The Morgan fingerprint density at radius 1 is 1.14 bits per heavy atom. The highest BCUT2D eigenvalue weighted by Crippen LogP contribution is 2.31. The Kier molecular flexibility index (Phi) is 4.07. The molecule has 2 aromatic carbocycles. The van der Waals surface area contributed by atoms with Crippen LogP contribution in [-0.4, -0.2) is 24.1 Å². The van der Waals surface area contributed by atoms with E-state index in [-0.39, 0.29) is 17.9 Å². The molecule has 0 unspecified atom stereocenters. The van der Waals surface area contributed by atoms with E-state index in [0.717, 1.165) is 5.56 Å². The molecule has 0 fully saturated rings. The zero-order valence-corrected chi connectivity index (χ0v) is 15.5. The third-order valence-corrected chi connectivity index (χ3v) is 4.81. The summed E-state index contributed by atoms with van der Waals surface area (Å²) < 4.78 is 9.11. The molecule has 0 saturated carbocycles. The van der Waals surface area contributed by atoms with E-state index in [1.54, 1.807) is 36.6 Å². The van der Waals surface area contributed by atoms with Crippen molar-refractivity contribution in [3.05, 3.63) is 73.8 Å². The third-order valence-electron chi connectivity index (χ3n) is 4.81. The van der Waals surface area contributed by atoms with Crippen molar-refractivity contribution in [3.63, 3.8) is 0 Å². The zero-order chi connectivity index (χ0) is 20.0.